The van der Waals surface area contributed by atoms with Crippen LogP contribution in [0.1, 0.15) is 80.8 Å². The topological polar surface area (TPSA) is 131 Å². The number of unbranched alkanes of at least 4 members (excludes halogenated alkanes) is 3. The SMILES string of the molecule is [C-]#[N+]c1ccc(N2C(=O)C(C)(C)N(c3ccc(C(=O)NCCCCCCN(C)CCCOc4ccc(-c5ccc6ncc7c(c6c5)n(C5CCOCC5)c(=O)n7C)cn4)c(F)c3)C2=S)cc1C. The summed E-state index contributed by atoms with van der Waals surface area (Å²) < 4.78 is 30.7. The number of pyridine rings is 2. The lowest BCUT2D eigenvalue weighted by Crippen LogP contribution is -2.44. The molecule has 0 unspecified atom stereocenters. The predicted octanol–water partition coefficient (Wildman–Crippen LogP) is 8.91. The van der Waals surface area contributed by atoms with Crippen molar-refractivity contribution >= 4 is 68.1 Å². The normalized spacial score (nSPS) is 15.3. The molecule has 6 aromatic rings. The molecule has 1 N–H and O–H groups in total. The minimum Gasteiger partial charge on any atom is -0.478 e. The number of halogens is 1. The molecule has 3 aromatic heterocycles. The van der Waals surface area contributed by atoms with Crippen LogP contribution in [-0.2, 0) is 16.6 Å². The number of thiocarbonyl (C=S) groups is 1. The molecule has 2 amide bonds. The first-order valence-corrected chi connectivity index (χ1v) is 23.3. The van der Waals surface area contributed by atoms with E-state index < -0.39 is 17.3 Å². The number of aryl methyl sites for hydroxylation is 2. The Balaban J connectivity index is 0.741. The van der Waals surface area contributed by atoms with Gasteiger partial charge in [0.25, 0.3) is 11.8 Å². The Hall–Kier alpha value is -6.54. The molecule has 16 heteroatoms. The highest BCUT2D eigenvalue weighted by Crippen LogP contribution is 2.38. The summed E-state index contributed by atoms with van der Waals surface area (Å²) in [6.45, 7) is 16.6. The molecule has 0 atom stereocenters. The van der Waals surface area contributed by atoms with Crippen LogP contribution in [0.15, 0.2) is 83.9 Å². The number of carbonyl (C=O) groups is 2. The highest BCUT2D eigenvalue weighted by atomic mass is 32.1. The minimum absolute atomic E-state index is 0.0322. The number of rotatable bonds is 17. The number of fused-ring (bicyclic) bond motifs is 3. The largest absolute Gasteiger partial charge is 0.478 e. The van der Waals surface area contributed by atoms with Crippen LogP contribution < -0.4 is 25.5 Å². The van der Waals surface area contributed by atoms with E-state index in [2.05, 4.69) is 38.1 Å². The average Bonchev–Trinajstić information content (AvgIpc) is 3.69. The Morgan fingerprint density at radius 1 is 0.955 bits per heavy atom. The molecule has 2 aliphatic heterocycles. The molecular weight excluding hydrogens is 870 g/mol. The fourth-order valence-corrected chi connectivity index (χ4v) is 9.62. The van der Waals surface area contributed by atoms with Gasteiger partial charge in [-0.3, -0.25) is 28.6 Å². The van der Waals surface area contributed by atoms with Crippen LogP contribution in [0.5, 0.6) is 5.88 Å². The minimum atomic E-state index is -1.12. The molecule has 2 saturated heterocycles. The number of aromatic nitrogens is 4. The Bertz CT molecular complexity index is 2940. The van der Waals surface area contributed by atoms with Crippen molar-refractivity contribution in [1.29, 1.82) is 0 Å². The van der Waals surface area contributed by atoms with Gasteiger partial charge in [-0.25, -0.2) is 19.0 Å². The highest BCUT2D eigenvalue weighted by Gasteiger charge is 2.50. The predicted molar refractivity (Wildman–Crippen MR) is 264 cm³/mol. The maximum Gasteiger partial charge on any atom is 0.329 e. The lowest BCUT2D eigenvalue weighted by atomic mass is 10.0. The molecule has 0 bridgehead atoms. The zero-order chi connectivity index (χ0) is 47.4. The summed E-state index contributed by atoms with van der Waals surface area (Å²) in [7, 11) is 3.90. The van der Waals surface area contributed by atoms with Crippen molar-refractivity contribution < 1.29 is 23.5 Å². The van der Waals surface area contributed by atoms with Crippen molar-refractivity contribution in [2.45, 2.75) is 77.3 Å². The first kappa shape index (κ1) is 47.0. The highest BCUT2D eigenvalue weighted by molar-refractivity contribution is 7.81. The second kappa shape index (κ2) is 20.1. The maximum absolute atomic E-state index is 15.5. The fraction of sp³-hybridized carbons (Fsp3) is 0.392. The molecular formula is C51H56FN9O5S. The smallest absolute Gasteiger partial charge is 0.329 e. The van der Waals surface area contributed by atoms with Gasteiger partial charge in [0.1, 0.15) is 11.4 Å². The summed E-state index contributed by atoms with van der Waals surface area (Å²) >= 11 is 5.74. The monoisotopic (exact) mass is 925 g/mol. The summed E-state index contributed by atoms with van der Waals surface area (Å²) in [4.78, 5) is 58.0. The van der Waals surface area contributed by atoms with E-state index in [1.54, 1.807) is 67.7 Å². The van der Waals surface area contributed by atoms with Crippen molar-refractivity contribution in [3.05, 3.63) is 118 Å². The van der Waals surface area contributed by atoms with Crippen LogP contribution >= 0.6 is 12.2 Å². The third-order valence-corrected chi connectivity index (χ3v) is 13.3. The van der Waals surface area contributed by atoms with Crippen LogP contribution in [0, 0.1) is 19.3 Å². The summed E-state index contributed by atoms with van der Waals surface area (Å²) in [5, 5.41) is 3.96. The third kappa shape index (κ3) is 9.67. The van der Waals surface area contributed by atoms with E-state index in [0.717, 1.165) is 91.1 Å². The number of anilines is 2. The van der Waals surface area contributed by atoms with Crippen molar-refractivity contribution in [2.24, 2.45) is 7.05 Å². The van der Waals surface area contributed by atoms with E-state index >= 15 is 4.39 Å². The second-order valence-electron chi connectivity index (χ2n) is 17.9. The standard InChI is InChI=1S/C51H56FN9O5S/c1-33-28-37(15-18-42(33)53-4)60-48(63)51(2,3)61(50(60)67)38-14-16-39(41(52)30-38)47(62)54-22-9-7-8-10-23-57(5)24-11-25-66-45-19-13-35(31-56-45)34-12-17-43-40(29-34)46-44(32-55-43)58(6)49(64)59(46)36-20-26-65-27-21-36/h12-19,28-32,36H,7-11,20-27H2,1-3,5-6H3,(H,54,62). The maximum atomic E-state index is 15.5. The zero-order valence-electron chi connectivity index (χ0n) is 38.7. The van der Waals surface area contributed by atoms with Gasteiger partial charge >= 0.3 is 5.69 Å². The van der Waals surface area contributed by atoms with Crippen molar-refractivity contribution in [2.75, 3.05) is 56.3 Å². The second-order valence-corrected chi connectivity index (χ2v) is 18.3. The van der Waals surface area contributed by atoms with E-state index in [1.165, 1.54) is 17.0 Å². The van der Waals surface area contributed by atoms with Gasteiger partial charge in [0.05, 0.1) is 41.5 Å². The van der Waals surface area contributed by atoms with Crippen LogP contribution in [0.25, 0.3) is 37.9 Å². The molecule has 14 nitrogen and oxygen atoms in total. The van der Waals surface area contributed by atoms with Gasteiger partial charge in [-0.2, -0.15) is 0 Å². The molecule has 3 aromatic carbocycles. The number of ether oxygens (including phenoxy) is 2. The molecule has 2 fully saturated rings. The van der Waals surface area contributed by atoms with Crippen LogP contribution in [-0.4, -0.2) is 93.0 Å². The lowest BCUT2D eigenvalue weighted by Gasteiger charge is -2.29. The van der Waals surface area contributed by atoms with Gasteiger partial charge in [-0.15, -0.1) is 0 Å². The van der Waals surface area contributed by atoms with E-state index in [4.69, 9.17) is 28.3 Å². The Kier molecular flexibility index (Phi) is 14.1. The van der Waals surface area contributed by atoms with E-state index in [0.29, 0.717) is 54.9 Å². The fourth-order valence-electron chi connectivity index (χ4n) is 9.09. The molecule has 8 rings (SSSR count). The first-order chi connectivity index (χ1) is 32.3. The summed E-state index contributed by atoms with van der Waals surface area (Å²) in [5.41, 5.74) is 5.36. The van der Waals surface area contributed by atoms with Crippen LogP contribution in [0.4, 0.5) is 21.5 Å². The van der Waals surface area contributed by atoms with Crippen molar-refractivity contribution in [3.63, 3.8) is 0 Å². The Morgan fingerprint density at radius 3 is 2.43 bits per heavy atom. The number of nitrogens with one attached hydrogen (secondary N) is 1. The quantitative estimate of drug-likeness (QED) is 0.0538. The number of amides is 2. The molecule has 0 aliphatic carbocycles. The molecule has 0 saturated carbocycles. The van der Waals surface area contributed by atoms with Gasteiger partial charge in [0.2, 0.25) is 5.88 Å². The number of carbonyl (C=O) groups excluding carboxylic acids is 2. The lowest BCUT2D eigenvalue weighted by molar-refractivity contribution is -0.120. The van der Waals surface area contributed by atoms with E-state index in [9.17, 15) is 14.4 Å². The summed E-state index contributed by atoms with van der Waals surface area (Å²) in [5.74, 6) is -0.914. The Morgan fingerprint density at radius 2 is 1.70 bits per heavy atom. The number of nitrogens with zero attached hydrogens (tertiary/aromatic N) is 8. The molecule has 0 spiro atoms. The van der Waals surface area contributed by atoms with Crippen LogP contribution in [0.3, 0.4) is 0 Å². The van der Waals surface area contributed by atoms with E-state index in [-0.39, 0.29) is 28.3 Å². The number of hydrogen-bond donors (Lipinski definition) is 1. The summed E-state index contributed by atoms with van der Waals surface area (Å²) in [6.07, 6.45) is 9.77. The Labute approximate surface area is 395 Å². The average molecular weight is 926 g/mol. The molecule has 2 aliphatic rings. The van der Waals surface area contributed by atoms with E-state index in [1.807, 2.05) is 35.0 Å². The van der Waals surface area contributed by atoms with Gasteiger partial charge in [-0.05, 0) is 138 Å². The molecule has 0 radical (unpaired) electrons. The number of hydrogen-bond acceptors (Lipinski definition) is 9. The summed E-state index contributed by atoms with van der Waals surface area (Å²) in [6, 6.07) is 19.5. The molecule has 348 valence electrons. The van der Waals surface area contributed by atoms with Gasteiger partial charge < -0.3 is 24.6 Å². The molecule has 67 heavy (non-hydrogen) atoms. The third-order valence-electron chi connectivity index (χ3n) is 12.9. The van der Waals surface area contributed by atoms with Gasteiger partial charge in [-0.1, -0.05) is 25.0 Å². The first-order valence-electron chi connectivity index (χ1n) is 22.9. The number of benzene rings is 3. The number of imidazole rings is 1. The zero-order valence-corrected chi connectivity index (χ0v) is 39.5. The van der Waals surface area contributed by atoms with Gasteiger partial charge in [0, 0.05) is 74.0 Å². The van der Waals surface area contributed by atoms with Crippen molar-refractivity contribution in [1.82, 2.24) is 29.3 Å². The van der Waals surface area contributed by atoms with Crippen LogP contribution in [0.2, 0.25) is 0 Å². The molecule has 5 heterocycles. The van der Waals surface area contributed by atoms with Gasteiger partial charge in [0.15, 0.2) is 10.8 Å². The van der Waals surface area contributed by atoms with Crippen molar-refractivity contribution in [3.8, 4) is 17.0 Å².